The third kappa shape index (κ3) is 23.3. The van der Waals surface area contributed by atoms with Crippen molar-refractivity contribution < 1.29 is 136 Å². The van der Waals surface area contributed by atoms with E-state index in [-0.39, 0.29) is 23.2 Å². The van der Waals surface area contributed by atoms with Crippen molar-refractivity contribution in [1.29, 1.82) is 0 Å². The van der Waals surface area contributed by atoms with Gasteiger partial charge in [0, 0.05) is 11.8 Å². The minimum absolute atomic E-state index is 0. The standard InChI is InChI=1S/C32H12BF24.C13H11BO.C6H13N.C5H5.2CO.Fe/c34-25(35,36)13-1-14(26(37,38)39)6-21(5-13)33(22-7-15(27(40,41)42)2-16(8-22)28(43,44)45,23-9-17(29(46,47)48)3-18(10-23)30(49,50)51)24-11-19(31(52,53)54)4-20(12-24)32(55,56)57;14-15-13(11-7-3-1-4-8-11)12-9-5-2-6-10-12;1-5(2)7-6(3)4;1-2-4-5-3-1;2*1-2;/h1-12H;1-10,13H;5H,1-4H3;1-5H;;;/q-1;;;;;;+2. The quantitative estimate of drug-likeness (QED) is 0.0492. The Balaban J connectivity index is 0.000001000. The molecule has 0 spiro atoms. The molecule has 0 aliphatic heterocycles. The van der Waals surface area contributed by atoms with Gasteiger partial charge < -0.3 is 4.65 Å². The van der Waals surface area contributed by atoms with Crippen molar-refractivity contribution in [3.05, 3.63) is 234 Å². The number of halogens is 24. The second-order valence-corrected chi connectivity index (χ2v) is 18.7. The third-order valence-electron chi connectivity index (χ3n) is 11.9. The van der Waals surface area contributed by atoms with Gasteiger partial charge in [-0.2, -0.15) is 127 Å². The van der Waals surface area contributed by atoms with Crippen LogP contribution >= 0.6 is 0 Å². The number of hydrogen-bond acceptors (Lipinski definition) is 2. The van der Waals surface area contributed by atoms with E-state index in [1.165, 1.54) is 0 Å². The zero-order chi connectivity index (χ0) is 67.8. The van der Waals surface area contributed by atoms with E-state index in [9.17, 15) is 105 Å². The van der Waals surface area contributed by atoms with E-state index in [1.807, 2.05) is 107 Å². The van der Waals surface area contributed by atoms with Gasteiger partial charge in [0.2, 0.25) is 0 Å². The molecule has 0 saturated heterocycles. The maximum atomic E-state index is 14.2. The first-order valence-electron chi connectivity index (χ1n) is 24.2. The molecule has 0 bridgehead atoms. The summed E-state index contributed by atoms with van der Waals surface area (Å²) in [7, 11) is 5.34. The van der Waals surface area contributed by atoms with Crippen molar-refractivity contribution >= 4 is 41.8 Å². The summed E-state index contributed by atoms with van der Waals surface area (Å²) in [6, 6.07) is 11.5. The van der Waals surface area contributed by atoms with Gasteiger partial charge in [-0.15, -0.1) is 0 Å². The number of aliphatic imine (C=N–C) groups is 1. The molecule has 0 N–H and O–H groups in total. The number of benzene rings is 6. The van der Waals surface area contributed by atoms with E-state index in [4.69, 9.17) is 22.0 Å². The fourth-order valence-corrected chi connectivity index (χ4v) is 8.51. The Morgan fingerprint density at radius 3 is 0.674 bits per heavy atom. The molecule has 4 nitrogen and oxygen atoms in total. The van der Waals surface area contributed by atoms with Crippen molar-refractivity contribution in [1.82, 2.24) is 0 Å². The summed E-state index contributed by atoms with van der Waals surface area (Å²) in [5.41, 5.74) is -26.9. The monoisotopic (exact) mass is 1330 g/mol. The summed E-state index contributed by atoms with van der Waals surface area (Å²) in [4.78, 5) is 4.19. The van der Waals surface area contributed by atoms with Crippen LogP contribution in [0.5, 0.6) is 0 Å². The van der Waals surface area contributed by atoms with Gasteiger partial charge in [0.05, 0.1) is 50.6 Å². The van der Waals surface area contributed by atoms with E-state index < -0.39 is 195 Å². The molecule has 31 heteroatoms. The van der Waals surface area contributed by atoms with Crippen LogP contribution in [0.2, 0.25) is 0 Å². The Morgan fingerprint density at radius 2 is 0.551 bits per heavy atom. The van der Waals surface area contributed by atoms with Crippen molar-refractivity contribution in [2.24, 2.45) is 4.99 Å². The summed E-state index contributed by atoms with van der Waals surface area (Å²) in [6.45, 7) is 17.2. The molecule has 0 amide bonds. The predicted molar refractivity (Wildman–Crippen MR) is 275 cm³/mol. The van der Waals surface area contributed by atoms with E-state index in [2.05, 4.69) is 32.1 Å². The molecular weight excluding hydrogens is 1290 g/mol. The molecule has 1 aliphatic carbocycles. The first kappa shape index (κ1) is 80.4. The minimum Gasteiger partial charge on any atom is -0.0312 e. The molecule has 89 heavy (non-hydrogen) atoms. The van der Waals surface area contributed by atoms with E-state index in [1.54, 1.807) is 0 Å². The predicted octanol–water partition coefficient (Wildman–Crippen LogP) is 16.9. The van der Waals surface area contributed by atoms with E-state index in [0.717, 1.165) is 16.8 Å². The summed E-state index contributed by atoms with van der Waals surface area (Å²) < 4.78 is 361. The molecule has 0 atom stereocenters. The molecule has 0 heterocycles. The summed E-state index contributed by atoms with van der Waals surface area (Å²) >= 11 is 0. The maximum Gasteiger partial charge on any atom is 2.00 e. The number of rotatable bonds is 8. The molecule has 0 unspecified atom stereocenters. The van der Waals surface area contributed by atoms with Gasteiger partial charge in [0.1, 0.15) is 6.15 Å². The average Bonchev–Trinajstić information content (AvgIpc) is 0.749. The van der Waals surface area contributed by atoms with Gasteiger partial charge in [-0.1, -0.05) is 109 Å². The molecule has 7 rings (SSSR count). The number of alkyl halides is 24. The van der Waals surface area contributed by atoms with Crippen molar-refractivity contribution in [3.8, 4) is 0 Å². The Kier molecular flexibility index (Phi) is 29.3. The van der Waals surface area contributed by atoms with Crippen LogP contribution in [-0.4, -0.2) is 25.9 Å². The van der Waals surface area contributed by atoms with Gasteiger partial charge in [0.25, 0.3) is 8.05 Å². The largest absolute Gasteiger partial charge is 2.00 e. The van der Waals surface area contributed by atoms with Crippen LogP contribution in [-0.2, 0) is 80.4 Å². The SMILES string of the molecule is CC(C)=NC(C)C.FC(F)(F)c1cc([B-](c2cc(C(F)(F)F)cc(C(F)(F)F)c2)(c2cc(C(F)(F)F)cc(C(F)(F)F)c2)c2cc(C(F)(F)F)cc(C(F)(F)F)c2)cc(C(F)(F)F)c1.[B]OC(c1ccccc1)c1ccccc1.[C-]#[O+].[C-]#[O+].[CH]1[CH][CH][CH][CH]1.[Fe+2]. The molecule has 6 aromatic rings. The topological polar surface area (TPSA) is 61.4 Å². The second-order valence-electron chi connectivity index (χ2n) is 18.7. The number of hydrogen-bond donors (Lipinski definition) is 0. The molecule has 6 aromatic carbocycles. The van der Waals surface area contributed by atoms with Crippen LogP contribution < -0.4 is 21.9 Å². The first-order valence-corrected chi connectivity index (χ1v) is 24.2. The Morgan fingerprint density at radius 1 is 0.371 bits per heavy atom. The smallest absolute Gasteiger partial charge is 0.0312 e. The minimum atomic E-state index is -6.13. The van der Waals surface area contributed by atoms with Crippen LogP contribution in [0.3, 0.4) is 0 Å². The zero-order valence-corrected chi connectivity index (χ0v) is 46.6. The van der Waals surface area contributed by atoms with Gasteiger partial charge in [0.15, 0.2) is 0 Å². The zero-order valence-electron chi connectivity index (χ0n) is 45.5. The normalized spacial score (nSPS) is 13.1. The Labute approximate surface area is 505 Å². The molecule has 1 saturated carbocycles. The summed E-state index contributed by atoms with van der Waals surface area (Å²) in [5.74, 6) is 0. The van der Waals surface area contributed by atoms with Crippen molar-refractivity contribution in [2.45, 2.75) is 89.3 Å². The van der Waals surface area contributed by atoms with Crippen LogP contribution in [0.1, 0.15) is 89.4 Å². The van der Waals surface area contributed by atoms with Gasteiger partial charge >= 0.3 is 89.1 Å². The molecule has 0 aromatic heterocycles. The van der Waals surface area contributed by atoms with Crippen LogP contribution in [0, 0.1) is 45.4 Å². The number of nitrogens with zero attached hydrogens (tertiary/aromatic N) is 1. The second kappa shape index (κ2) is 32.4. The maximum absolute atomic E-state index is 14.2. The van der Waals surface area contributed by atoms with Gasteiger partial charge in [-0.3, -0.25) is 4.99 Å². The molecular formula is C58H41B2F24FeNO3+. The summed E-state index contributed by atoms with van der Waals surface area (Å²) in [6.07, 6.45) is -45.0. The first-order chi connectivity index (χ1) is 40.3. The van der Waals surface area contributed by atoms with Crippen LogP contribution in [0.4, 0.5) is 105 Å². The van der Waals surface area contributed by atoms with Crippen LogP contribution in [0.25, 0.3) is 0 Å². The molecule has 1 aliphatic rings. The van der Waals surface area contributed by atoms with Crippen molar-refractivity contribution in [3.63, 3.8) is 0 Å². The Bertz CT molecular complexity index is 2760. The fraction of sp³-hybridized carbons (Fsp3) is 0.241. The Hall–Kier alpha value is -6.60. The fourth-order valence-electron chi connectivity index (χ4n) is 8.51. The molecule has 7 radical (unpaired) electrons. The van der Waals surface area contributed by atoms with Gasteiger partial charge in [-0.05, 0) is 95.2 Å². The third-order valence-corrected chi connectivity index (χ3v) is 11.9. The van der Waals surface area contributed by atoms with E-state index in [0.29, 0.717) is 6.04 Å². The molecule has 477 valence electrons. The van der Waals surface area contributed by atoms with Crippen molar-refractivity contribution in [2.75, 3.05) is 0 Å². The van der Waals surface area contributed by atoms with Gasteiger partial charge in [-0.25, -0.2) is 0 Å². The molecule has 1 fully saturated rings. The van der Waals surface area contributed by atoms with E-state index >= 15 is 0 Å². The van der Waals surface area contributed by atoms with Crippen LogP contribution in [0.15, 0.2) is 138 Å². The summed E-state index contributed by atoms with van der Waals surface area (Å²) in [5, 5.41) is 0. The average molecular weight is 1330 g/mol.